The third-order valence-corrected chi connectivity index (χ3v) is 13.7. The topological polar surface area (TPSA) is 362 Å². The van der Waals surface area contributed by atoms with Gasteiger partial charge in [0.1, 0.15) is 34.8 Å². The number of carbonyl (C=O) groups is 5. The molecule has 0 saturated carbocycles. The smallest absolute Gasteiger partial charge is 0.490 e. The Morgan fingerprint density at radius 1 is 0.455 bits per heavy atom. The molecule has 0 fully saturated rings. The summed E-state index contributed by atoms with van der Waals surface area (Å²) in [6, 6.07) is 38.9. The van der Waals surface area contributed by atoms with Crippen molar-refractivity contribution in [2.75, 3.05) is 39.6 Å². The molecule has 0 aliphatic heterocycles. The minimum absolute atomic E-state index is 0.0807. The van der Waals surface area contributed by atoms with Crippen LogP contribution in [0.25, 0.3) is 52.5 Å². The lowest BCUT2D eigenvalue weighted by Crippen LogP contribution is -2.21. The number of amidine groups is 3. The molecule has 32 heteroatoms. The van der Waals surface area contributed by atoms with Crippen molar-refractivity contribution in [3.05, 3.63) is 136 Å². The molecular formula is C56H53F9N6O14S3. The van der Waals surface area contributed by atoms with E-state index in [0.29, 0.717) is 37.7 Å². The zero-order valence-electron chi connectivity index (χ0n) is 45.7. The molecular weight excluding hydrogens is 1250 g/mol. The molecule has 0 atom stereocenters. The van der Waals surface area contributed by atoms with Crippen molar-refractivity contribution in [1.82, 2.24) is 0 Å². The number of carboxylic acids is 3. The number of fused-ring (bicyclic) bond motifs is 3. The summed E-state index contributed by atoms with van der Waals surface area (Å²) in [5.41, 5.74) is 20.7. The third-order valence-electron chi connectivity index (χ3n) is 10.3. The summed E-state index contributed by atoms with van der Waals surface area (Å²) in [6.07, 6.45) is -14.6. The SMILES string of the molecule is CCOC(=O)COc1ccc(-c2ccc3sc(C(=N)N)cc3c2)cc1.CCOC(=O)COc1cccc(-c2ccc3sc(C(=N)N)cc3c2)c1.N=C(N)c1cc2ccc(OCCCO)cc2s1.O=C(O)C(F)(F)F.O=C(O)C(F)(F)F.O=C(O)C(F)(F)F. The van der Waals surface area contributed by atoms with Gasteiger partial charge >= 0.3 is 48.4 Å². The predicted molar refractivity (Wildman–Crippen MR) is 312 cm³/mol. The van der Waals surface area contributed by atoms with Crippen LogP contribution in [0, 0.1) is 16.2 Å². The van der Waals surface area contributed by atoms with Gasteiger partial charge in [-0.05, 0) is 137 Å². The van der Waals surface area contributed by atoms with E-state index in [-0.39, 0.29) is 49.3 Å². The Morgan fingerprint density at radius 3 is 1.23 bits per heavy atom. The summed E-state index contributed by atoms with van der Waals surface area (Å²) in [5, 5.41) is 55.7. The van der Waals surface area contributed by atoms with Crippen LogP contribution in [0.15, 0.2) is 121 Å². The van der Waals surface area contributed by atoms with Crippen LogP contribution < -0.4 is 31.4 Å². The van der Waals surface area contributed by atoms with E-state index in [2.05, 4.69) is 12.1 Å². The number of nitrogens with one attached hydrogen (secondary N) is 3. The number of alkyl halides is 9. The molecule has 0 aliphatic rings. The van der Waals surface area contributed by atoms with Crippen LogP contribution in [0.3, 0.4) is 0 Å². The minimum atomic E-state index is -5.08. The van der Waals surface area contributed by atoms with Gasteiger partial charge in [-0.1, -0.05) is 36.4 Å². The molecule has 472 valence electrons. The highest BCUT2D eigenvalue weighted by atomic mass is 32.1. The van der Waals surface area contributed by atoms with Crippen molar-refractivity contribution < 1.29 is 108 Å². The second kappa shape index (κ2) is 34.0. The molecule has 3 heterocycles. The average Bonchev–Trinajstić information content (AvgIpc) is 2.79. The lowest BCUT2D eigenvalue weighted by Gasteiger charge is -2.08. The number of aliphatic hydroxyl groups excluding tert-OH is 1. The highest BCUT2D eigenvalue weighted by molar-refractivity contribution is 7.21. The van der Waals surface area contributed by atoms with Crippen LogP contribution in [0.1, 0.15) is 34.9 Å². The van der Waals surface area contributed by atoms with Crippen LogP contribution in [0.5, 0.6) is 17.2 Å². The fourth-order valence-electron chi connectivity index (χ4n) is 6.40. The van der Waals surface area contributed by atoms with Crippen molar-refractivity contribution >= 4 is 112 Å². The number of carbonyl (C=O) groups excluding carboxylic acids is 2. The number of aliphatic hydroxyl groups is 1. The lowest BCUT2D eigenvalue weighted by atomic mass is 10.0. The monoisotopic (exact) mass is 1300 g/mol. The summed E-state index contributed by atoms with van der Waals surface area (Å²) in [6.45, 7) is 4.64. The first-order chi connectivity index (χ1) is 41.2. The summed E-state index contributed by atoms with van der Waals surface area (Å²) < 4.78 is 125. The van der Waals surface area contributed by atoms with Gasteiger partial charge in [0.25, 0.3) is 0 Å². The summed E-state index contributed by atoms with van der Waals surface area (Å²) in [4.78, 5) is 51.7. The van der Waals surface area contributed by atoms with E-state index >= 15 is 0 Å². The standard InChI is InChI=1S/2C19H18N2O3S.C12H14N2O2S.3C2HF3O2/c1-2-23-18(22)11-24-15-6-3-12(4-7-15)13-5-8-16-14(9-13)10-17(25-16)19(20)21;1-2-23-18(22)11-24-15-5-3-4-12(9-15)13-6-7-16-14(8-13)10-17(25-16)19(20)21;13-12(14)11-6-8-2-3-9(7-10(8)17-11)16-5-1-4-15;3*3-2(4,5)1(6)7/h2*3-10H,2,11H2,1H3,(H3,20,21);2-3,6-7,15H,1,4-5H2,(H3,13,14);3*(H,6,7). The van der Waals surface area contributed by atoms with Crippen molar-refractivity contribution in [3.8, 4) is 39.5 Å². The fourth-order valence-corrected chi connectivity index (χ4v) is 9.16. The second-order valence-corrected chi connectivity index (χ2v) is 20.1. The molecule has 13 N–H and O–H groups in total. The number of carboxylic acid groups (broad SMARTS) is 3. The van der Waals surface area contributed by atoms with Gasteiger partial charge in [0.15, 0.2) is 13.2 Å². The van der Waals surface area contributed by atoms with Gasteiger partial charge in [-0.15, -0.1) is 34.0 Å². The zero-order chi connectivity index (χ0) is 66.1. The number of ether oxygens (including phenoxy) is 5. The van der Waals surface area contributed by atoms with Gasteiger partial charge in [-0.25, -0.2) is 24.0 Å². The summed E-state index contributed by atoms with van der Waals surface area (Å²) in [5.74, 6) is -6.76. The van der Waals surface area contributed by atoms with Crippen molar-refractivity contribution in [2.24, 2.45) is 17.2 Å². The van der Waals surface area contributed by atoms with E-state index in [4.69, 9.17) is 91.9 Å². The van der Waals surface area contributed by atoms with Gasteiger partial charge in [0.2, 0.25) is 0 Å². The van der Waals surface area contributed by atoms with Crippen molar-refractivity contribution in [3.63, 3.8) is 0 Å². The van der Waals surface area contributed by atoms with E-state index < -0.39 is 36.4 Å². The molecule has 88 heavy (non-hydrogen) atoms. The number of hydrogen-bond acceptors (Lipinski definition) is 17. The Balaban J connectivity index is 0.000000300. The second-order valence-electron chi connectivity index (χ2n) is 16.9. The van der Waals surface area contributed by atoms with Crippen molar-refractivity contribution in [2.45, 2.75) is 38.8 Å². The largest absolute Gasteiger partial charge is 0.493 e. The molecule has 0 bridgehead atoms. The number of nitrogen functional groups attached to an aromatic ring is 3. The van der Waals surface area contributed by atoms with Gasteiger partial charge in [0, 0.05) is 27.1 Å². The molecule has 20 nitrogen and oxygen atoms in total. The number of esters is 2. The molecule has 0 amide bonds. The van der Waals surface area contributed by atoms with Gasteiger partial charge in [-0.2, -0.15) is 39.5 Å². The summed E-state index contributed by atoms with van der Waals surface area (Å²) in [7, 11) is 0. The molecule has 8 aromatic rings. The van der Waals surface area contributed by atoms with Gasteiger partial charge in [-0.3, -0.25) is 16.2 Å². The quantitative estimate of drug-likeness (QED) is 0.0133. The van der Waals surface area contributed by atoms with Gasteiger partial charge in [0.05, 0.1) is 34.5 Å². The number of rotatable bonds is 17. The number of halogens is 9. The maximum Gasteiger partial charge on any atom is 0.490 e. The lowest BCUT2D eigenvalue weighted by molar-refractivity contribution is -0.193. The van der Waals surface area contributed by atoms with Crippen LogP contribution >= 0.6 is 34.0 Å². The predicted octanol–water partition coefficient (Wildman–Crippen LogP) is 11.4. The zero-order valence-corrected chi connectivity index (χ0v) is 48.2. The number of hydrogen-bond donors (Lipinski definition) is 10. The molecule has 0 aliphatic carbocycles. The maximum absolute atomic E-state index is 11.4. The maximum atomic E-state index is 11.4. The van der Waals surface area contributed by atoms with E-state index in [0.717, 1.165) is 72.9 Å². The Labute approximate surface area is 504 Å². The molecule has 5 aromatic carbocycles. The molecule has 0 unspecified atom stereocenters. The van der Waals surface area contributed by atoms with Crippen molar-refractivity contribution in [1.29, 1.82) is 16.2 Å². The number of thiophene rings is 3. The number of aliphatic carboxylic acids is 3. The molecule has 3 aromatic heterocycles. The Kier molecular flexibility index (Phi) is 28.1. The third kappa shape index (κ3) is 24.8. The minimum Gasteiger partial charge on any atom is -0.493 e. The molecule has 0 spiro atoms. The molecule has 0 radical (unpaired) electrons. The van der Waals surface area contributed by atoms with Gasteiger partial charge < -0.3 is 61.3 Å². The first-order valence-corrected chi connectivity index (χ1v) is 27.2. The van der Waals surface area contributed by atoms with Crippen LogP contribution in [-0.4, -0.2) is 126 Å². The van der Waals surface area contributed by atoms with Crippen LogP contribution in [-0.2, 0) is 33.4 Å². The Bertz CT molecular complexity index is 3640. The first-order valence-electron chi connectivity index (χ1n) is 24.7. The Morgan fingerprint density at radius 2 is 0.818 bits per heavy atom. The van der Waals surface area contributed by atoms with E-state index in [1.165, 1.54) is 34.0 Å². The van der Waals surface area contributed by atoms with E-state index in [9.17, 15) is 49.1 Å². The van der Waals surface area contributed by atoms with Crippen LogP contribution in [0.2, 0.25) is 0 Å². The average molecular weight is 1300 g/mol. The summed E-state index contributed by atoms with van der Waals surface area (Å²) >= 11 is 4.49. The normalized spacial score (nSPS) is 10.8. The van der Waals surface area contributed by atoms with E-state index in [1.807, 2.05) is 103 Å². The number of nitrogens with two attached hydrogens (primary N) is 3. The Hall–Kier alpha value is -9.53. The highest BCUT2D eigenvalue weighted by Gasteiger charge is 2.39. The van der Waals surface area contributed by atoms with Crippen LogP contribution in [0.4, 0.5) is 39.5 Å². The van der Waals surface area contributed by atoms with E-state index in [1.54, 1.807) is 19.9 Å². The number of benzene rings is 5. The first kappa shape index (κ1) is 72.7. The highest BCUT2D eigenvalue weighted by Crippen LogP contribution is 2.34. The molecule has 0 saturated heterocycles. The molecule has 8 rings (SSSR count). The fraction of sp³-hybridized carbons (Fsp3) is 0.214.